The number of aromatic nitrogens is 1. The Balaban J connectivity index is 1.67. The molecule has 0 unspecified atom stereocenters. The van der Waals surface area contributed by atoms with Gasteiger partial charge in [0, 0.05) is 32.1 Å². The number of hydrogen-bond acceptors (Lipinski definition) is 6. The number of likely N-dealkylation sites (N-methyl/N-ethyl adjacent to an activating group) is 1. The number of nitrogens with zero attached hydrogens (tertiary/aromatic N) is 3. The van der Waals surface area contributed by atoms with Gasteiger partial charge in [0.05, 0.1) is 19.8 Å². The summed E-state index contributed by atoms with van der Waals surface area (Å²) in [6.45, 7) is 5.02. The van der Waals surface area contributed by atoms with E-state index in [2.05, 4.69) is 10.5 Å². The van der Waals surface area contributed by atoms with Crippen LogP contribution in [0.25, 0.3) is 0 Å². The number of amides is 2. The van der Waals surface area contributed by atoms with Crippen molar-refractivity contribution in [2.45, 2.75) is 13.3 Å². The SMILES string of the molecule is Cc1cc(NC(=O)CCN(C)CC(=O)N2CCOCC2)no1. The molecular weight excluding hydrogens is 288 g/mol. The standard InChI is InChI=1S/C14H22N4O4/c1-11-9-12(16-22-11)15-13(19)3-4-17(2)10-14(20)18-5-7-21-8-6-18/h9H,3-8,10H2,1-2H3,(H,15,16,19). The predicted octanol–water partition coefficient (Wildman–Crippen LogP) is 0.102. The summed E-state index contributed by atoms with van der Waals surface area (Å²) in [5.41, 5.74) is 0. The van der Waals surface area contributed by atoms with E-state index < -0.39 is 0 Å². The van der Waals surface area contributed by atoms with Gasteiger partial charge < -0.3 is 19.5 Å². The summed E-state index contributed by atoms with van der Waals surface area (Å²) >= 11 is 0. The second kappa shape index (κ2) is 7.90. The van der Waals surface area contributed by atoms with Crippen molar-refractivity contribution in [3.8, 4) is 0 Å². The molecule has 1 aromatic rings. The molecule has 0 radical (unpaired) electrons. The van der Waals surface area contributed by atoms with Crippen LogP contribution in [-0.4, -0.2) is 73.2 Å². The minimum Gasteiger partial charge on any atom is -0.378 e. The van der Waals surface area contributed by atoms with Crippen molar-refractivity contribution in [3.05, 3.63) is 11.8 Å². The Labute approximate surface area is 129 Å². The number of ether oxygens (including phenoxy) is 1. The van der Waals surface area contributed by atoms with E-state index in [4.69, 9.17) is 9.26 Å². The summed E-state index contributed by atoms with van der Waals surface area (Å²) in [5, 5.41) is 6.35. The number of anilines is 1. The molecule has 0 aliphatic carbocycles. The molecule has 1 fully saturated rings. The van der Waals surface area contributed by atoms with Crippen molar-refractivity contribution >= 4 is 17.6 Å². The van der Waals surface area contributed by atoms with Gasteiger partial charge in [0.25, 0.3) is 0 Å². The van der Waals surface area contributed by atoms with E-state index in [1.54, 1.807) is 17.9 Å². The summed E-state index contributed by atoms with van der Waals surface area (Å²) in [7, 11) is 1.83. The van der Waals surface area contributed by atoms with Gasteiger partial charge in [-0.25, -0.2) is 0 Å². The van der Waals surface area contributed by atoms with Crippen LogP contribution in [0.3, 0.4) is 0 Å². The maximum Gasteiger partial charge on any atom is 0.236 e. The molecule has 0 spiro atoms. The fourth-order valence-corrected chi connectivity index (χ4v) is 2.15. The molecule has 2 rings (SSSR count). The normalized spacial score (nSPS) is 15.1. The minimum atomic E-state index is -0.154. The van der Waals surface area contributed by atoms with Crippen molar-refractivity contribution in [1.29, 1.82) is 0 Å². The van der Waals surface area contributed by atoms with Crippen LogP contribution in [-0.2, 0) is 14.3 Å². The Morgan fingerprint density at radius 2 is 2.14 bits per heavy atom. The molecule has 8 heteroatoms. The van der Waals surface area contributed by atoms with Gasteiger partial charge in [0.15, 0.2) is 5.82 Å². The van der Waals surface area contributed by atoms with E-state index in [0.717, 1.165) is 0 Å². The average molecular weight is 310 g/mol. The molecular formula is C14H22N4O4. The summed E-state index contributed by atoms with van der Waals surface area (Å²) in [6.07, 6.45) is 0.290. The van der Waals surface area contributed by atoms with Crippen LogP contribution in [0.4, 0.5) is 5.82 Å². The first-order chi connectivity index (χ1) is 10.5. The molecule has 1 aromatic heterocycles. The molecule has 8 nitrogen and oxygen atoms in total. The van der Waals surface area contributed by atoms with Crippen LogP contribution < -0.4 is 5.32 Å². The van der Waals surface area contributed by atoms with Gasteiger partial charge >= 0.3 is 0 Å². The zero-order chi connectivity index (χ0) is 15.9. The number of morpholine rings is 1. The Kier molecular flexibility index (Phi) is 5.91. The van der Waals surface area contributed by atoms with E-state index >= 15 is 0 Å². The van der Waals surface area contributed by atoms with Crippen LogP contribution in [0.5, 0.6) is 0 Å². The third kappa shape index (κ3) is 5.12. The van der Waals surface area contributed by atoms with Gasteiger partial charge in [-0.2, -0.15) is 0 Å². The Hall–Kier alpha value is -1.93. The maximum atomic E-state index is 12.1. The second-order valence-electron chi connectivity index (χ2n) is 5.35. The number of hydrogen-bond donors (Lipinski definition) is 1. The molecule has 0 bridgehead atoms. The smallest absolute Gasteiger partial charge is 0.236 e. The lowest BCUT2D eigenvalue weighted by Crippen LogP contribution is -2.45. The topological polar surface area (TPSA) is 87.9 Å². The Morgan fingerprint density at radius 1 is 1.41 bits per heavy atom. The third-order valence-corrected chi connectivity index (χ3v) is 3.39. The van der Waals surface area contributed by atoms with Gasteiger partial charge in [-0.1, -0.05) is 5.16 Å². The number of carbonyl (C=O) groups is 2. The van der Waals surface area contributed by atoms with Crippen molar-refractivity contribution < 1.29 is 18.8 Å². The fraction of sp³-hybridized carbons (Fsp3) is 0.643. The fourth-order valence-electron chi connectivity index (χ4n) is 2.15. The average Bonchev–Trinajstić information content (AvgIpc) is 2.91. The monoisotopic (exact) mass is 310 g/mol. The largest absolute Gasteiger partial charge is 0.378 e. The van der Waals surface area contributed by atoms with E-state index in [1.807, 2.05) is 11.9 Å². The lowest BCUT2D eigenvalue weighted by molar-refractivity contribution is -0.136. The molecule has 22 heavy (non-hydrogen) atoms. The highest BCUT2D eigenvalue weighted by Crippen LogP contribution is 2.07. The highest BCUT2D eigenvalue weighted by atomic mass is 16.5. The number of nitrogens with one attached hydrogen (secondary N) is 1. The summed E-state index contributed by atoms with van der Waals surface area (Å²) in [4.78, 5) is 27.5. The highest BCUT2D eigenvalue weighted by Gasteiger charge is 2.18. The van der Waals surface area contributed by atoms with Crippen LogP contribution in [0.2, 0.25) is 0 Å². The number of aryl methyl sites for hydroxylation is 1. The zero-order valence-electron chi connectivity index (χ0n) is 13.0. The second-order valence-corrected chi connectivity index (χ2v) is 5.35. The predicted molar refractivity (Wildman–Crippen MR) is 79.4 cm³/mol. The van der Waals surface area contributed by atoms with Crippen LogP contribution in [0, 0.1) is 6.92 Å². The molecule has 0 saturated carbocycles. The van der Waals surface area contributed by atoms with E-state index in [0.29, 0.717) is 57.4 Å². The lowest BCUT2D eigenvalue weighted by atomic mass is 10.3. The van der Waals surface area contributed by atoms with E-state index in [-0.39, 0.29) is 11.8 Å². The first kappa shape index (κ1) is 16.4. The van der Waals surface area contributed by atoms with E-state index in [9.17, 15) is 9.59 Å². The van der Waals surface area contributed by atoms with Gasteiger partial charge in [-0.15, -0.1) is 0 Å². The molecule has 122 valence electrons. The Bertz CT molecular complexity index is 511. The zero-order valence-corrected chi connectivity index (χ0v) is 13.0. The molecule has 1 aliphatic heterocycles. The van der Waals surface area contributed by atoms with Crippen LogP contribution >= 0.6 is 0 Å². The minimum absolute atomic E-state index is 0.0679. The Morgan fingerprint density at radius 3 is 2.77 bits per heavy atom. The summed E-state index contributed by atoms with van der Waals surface area (Å²) in [6, 6.07) is 1.66. The number of carbonyl (C=O) groups excluding carboxylic acids is 2. The van der Waals surface area contributed by atoms with E-state index in [1.165, 1.54) is 0 Å². The molecule has 1 aliphatic rings. The lowest BCUT2D eigenvalue weighted by Gasteiger charge is -2.28. The molecule has 0 aromatic carbocycles. The molecule has 1 N–H and O–H groups in total. The van der Waals surface area contributed by atoms with Crippen LogP contribution in [0.15, 0.2) is 10.6 Å². The third-order valence-electron chi connectivity index (χ3n) is 3.39. The first-order valence-corrected chi connectivity index (χ1v) is 7.32. The van der Waals surface area contributed by atoms with Crippen molar-refractivity contribution in [2.75, 3.05) is 51.8 Å². The molecule has 2 amide bonds. The van der Waals surface area contributed by atoms with Gasteiger partial charge in [0.1, 0.15) is 5.76 Å². The quantitative estimate of drug-likeness (QED) is 0.802. The molecule has 0 atom stereocenters. The maximum absolute atomic E-state index is 12.1. The van der Waals surface area contributed by atoms with Crippen molar-refractivity contribution in [2.24, 2.45) is 0 Å². The summed E-state index contributed by atoms with van der Waals surface area (Å²) in [5.74, 6) is 0.968. The van der Waals surface area contributed by atoms with Gasteiger partial charge in [-0.05, 0) is 14.0 Å². The number of rotatable bonds is 6. The van der Waals surface area contributed by atoms with Crippen molar-refractivity contribution in [1.82, 2.24) is 15.0 Å². The molecule has 1 saturated heterocycles. The summed E-state index contributed by atoms with van der Waals surface area (Å²) < 4.78 is 10.1. The van der Waals surface area contributed by atoms with Crippen molar-refractivity contribution in [3.63, 3.8) is 0 Å². The first-order valence-electron chi connectivity index (χ1n) is 7.32. The van der Waals surface area contributed by atoms with Crippen LogP contribution in [0.1, 0.15) is 12.2 Å². The van der Waals surface area contributed by atoms with Gasteiger partial charge in [-0.3, -0.25) is 14.5 Å². The highest BCUT2D eigenvalue weighted by molar-refractivity contribution is 5.89. The molecule has 2 heterocycles. The van der Waals surface area contributed by atoms with Gasteiger partial charge in [0.2, 0.25) is 11.8 Å².